The average molecular weight is 366 g/mol. The van der Waals surface area contributed by atoms with Gasteiger partial charge in [0, 0.05) is 38.6 Å². The van der Waals surface area contributed by atoms with Crippen molar-refractivity contribution in [3.8, 4) is 0 Å². The highest BCUT2D eigenvalue weighted by Gasteiger charge is 2.43. The summed E-state index contributed by atoms with van der Waals surface area (Å²) in [6.45, 7) is 6.61. The minimum Gasteiger partial charge on any atom is -0.376 e. The fourth-order valence-corrected chi connectivity index (χ4v) is 5.21. The number of likely N-dealkylation sites (tertiary alicyclic amines) is 1. The zero-order chi connectivity index (χ0) is 18.2. The van der Waals surface area contributed by atoms with Crippen molar-refractivity contribution in [2.24, 2.45) is 17.8 Å². The number of aromatic nitrogens is 2. The van der Waals surface area contributed by atoms with Crippen LogP contribution in [0.1, 0.15) is 43.1 Å². The van der Waals surface area contributed by atoms with E-state index in [0.29, 0.717) is 12.1 Å². The van der Waals surface area contributed by atoms with Crippen LogP contribution in [0.4, 0.5) is 0 Å². The minimum absolute atomic E-state index is 0.344. The number of fused-ring (bicyclic) bond motifs is 1. The third-order valence-corrected chi connectivity index (χ3v) is 6.87. The first-order valence-corrected chi connectivity index (χ1v) is 10.6. The van der Waals surface area contributed by atoms with Gasteiger partial charge < -0.3 is 9.30 Å². The SMILES string of the molecule is Cc1nccn1[C@H]1C[C@H]2CN(Cc3ccccc3)C[C@H]2C[C@@H]1OCC1CC1. The van der Waals surface area contributed by atoms with Gasteiger partial charge in [-0.3, -0.25) is 4.90 Å². The number of hydrogen-bond donors (Lipinski definition) is 0. The maximum atomic E-state index is 6.49. The number of aryl methyl sites for hydroxylation is 1. The van der Waals surface area contributed by atoms with E-state index in [1.165, 1.54) is 44.3 Å². The molecule has 2 aliphatic carbocycles. The Morgan fingerprint density at radius 3 is 2.56 bits per heavy atom. The second-order valence-electron chi connectivity index (χ2n) is 8.94. The molecule has 0 spiro atoms. The lowest BCUT2D eigenvalue weighted by atomic mass is 9.77. The van der Waals surface area contributed by atoms with Crippen molar-refractivity contribution in [2.75, 3.05) is 19.7 Å². The summed E-state index contributed by atoms with van der Waals surface area (Å²) in [5.41, 5.74) is 1.43. The molecule has 0 bridgehead atoms. The Hall–Kier alpha value is -1.65. The zero-order valence-corrected chi connectivity index (χ0v) is 16.3. The summed E-state index contributed by atoms with van der Waals surface area (Å²) >= 11 is 0. The highest BCUT2D eigenvalue weighted by molar-refractivity contribution is 5.15. The second-order valence-corrected chi connectivity index (χ2v) is 8.94. The Labute approximate surface area is 162 Å². The van der Waals surface area contributed by atoms with Gasteiger partial charge in [0.2, 0.25) is 0 Å². The summed E-state index contributed by atoms with van der Waals surface area (Å²) in [6.07, 6.45) is 9.58. The van der Waals surface area contributed by atoms with E-state index in [9.17, 15) is 0 Å². The first kappa shape index (κ1) is 17.4. The van der Waals surface area contributed by atoms with Gasteiger partial charge in [0.1, 0.15) is 5.82 Å². The summed E-state index contributed by atoms with van der Waals surface area (Å²) < 4.78 is 8.88. The molecule has 3 aliphatic rings. The Balaban J connectivity index is 1.29. The van der Waals surface area contributed by atoms with E-state index in [-0.39, 0.29) is 0 Å². The molecule has 1 aromatic heterocycles. The van der Waals surface area contributed by atoms with Gasteiger partial charge in [-0.05, 0) is 55.9 Å². The molecule has 144 valence electrons. The molecular weight excluding hydrogens is 334 g/mol. The molecule has 4 atom stereocenters. The highest BCUT2D eigenvalue weighted by Crippen LogP contribution is 2.44. The maximum Gasteiger partial charge on any atom is 0.105 e. The third-order valence-electron chi connectivity index (χ3n) is 6.87. The molecule has 2 saturated carbocycles. The van der Waals surface area contributed by atoms with Crippen molar-refractivity contribution < 1.29 is 4.74 Å². The van der Waals surface area contributed by atoms with Crippen LogP contribution in [-0.4, -0.2) is 40.3 Å². The number of imidazole rings is 1. The second kappa shape index (κ2) is 7.40. The highest BCUT2D eigenvalue weighted by atomic mass is 16.5. The molecular formula is C23H31N3O. The van der Waals surface area contributed by atoms with Crippen LogP contribution in [0, 0.1) is 24.7 Å². The minimum atomic E-state index is 0.344. The predicted molar refractivity (Wildman–Crippen MR) is 106 cm³/mol. The smallest absolute Gasteiger partial charge is 0.105 e. The van der Waals surface area contributed by atoms with E-state index in [4.69, 9.17) is 4.74 Å². The molecule has 5 rings (SSSR count). The molecule has 1 aromatic carbocycles. The Kier molecular flexibility index (Phi) is 4.78. The molecule has 0 amide bonds. The third kappa shape index (κ3) is 3.83. The first-order valence-electron chi connectivity index (χ1n) is 10.6. The topological polar surface area (TPSA) is 30.3 Å². The van der Waals surface area contributed by atoms with Gasteiger partial charge >= 0.3 is 0 Å². The molecule has 0 radical (unpaired) electrons. The van der Waals surface area contributed by atoms with E-state index in [1.807, 2.05) is 6.20 Å². The van der Waals surface area contributed by atoms with E-state index < -0.39 is 0 Å². The fraction of sp³-hybridized carbons (Fsp3) is 0.609. The number of rotatable bonds is 6. The van der Waals surface area contributed by atoms with Crippen LogP contribution in [0.3, 0.4) is 0 Å². The number of nitrogens with zero attached hydrogens (tertiary/aromatic N) is 3. The lowest BCUT2D eigenvalue weighted by Gasteiger charge is -2.39. The van der Waals surface area contributed by atoms with Crippen LogP contribution in [0.5, 0.6) is 0 Å². The molecule has 0 unspecified atom stereocenters. The molecule has 2 heterocycles. The van der Waals surface area contributed by atoms with E-state index in [2.05, 4.69) is 57.9 Å². The van der Waals surface area contributed by atoms with Crippen molar-refractivity contribution in [2.45, 2.75) is 51.3 Å². The van der Waals surface area contributed by atoms with Crippen molar-refractivity contribution >= 4 is 0 Å². The summed E-state index contributed by atoms with van der Waals surface area (Å²) in [7, 11) is 0. The normalized spacial score (nSPS) is 31.1. The fourth-order valence-electron chi connectivity index (χ4n) is 5.21. The Bertz CT molecular complexity index is 754. The van der Waals surface area contributed by atoms with Gasteiger partial charge in [-0.2, -0.15) is 0 Å². The van der Waals surface area contributed by atoms with Crippen LogP contribution in [0.25, 0.3) is 0 Å². The van der Waals surface area contributed by atoms with Crippen LogP contribution < -0.4 is 0 Å². The summed E-state index contributed by atoms with van der Waals surface area (Å²) in [6, 6.07) is 11.4. The molecule has 3 fully saturated rings. The van der Waals surface area contributed by atoms with Crippen LogP contribution >= 0.6 is 0 Å². The molecule has 2 aromatic rings. The van der Waals surface area contributed by atoms with Crippen LogP contribution in [0.2, 0.25) is 0 Å². The summed E-state index contributed by atoms with van der Waals surface area (Å²) in [5.74, 6) is 3.50. The molecule has 1 aliphatic heterocycles. The maximum absolute atomic E-state index is 6.49. The standard InChI is InChI=1S/C23H31N3O/c1-17-24-9-10-26(17)22-11-20-14-25(13-18-5-3-2-4-6-18)15-21(20)12-23(22)27-16-19-7-8-19/h2-6,9-10,19-23H,7-8,11-16H2,1H3/t20-,21+,22-,23-/m0/s1. The van der Waals surface area contributed by atoms with Crippen LogP contribution in [0.15, 0.2) is 42.7 Å². The molecule has 1 saturated heterocycles. The molecule has 4 nitrogen and oxygen atoms in total. The van der Waals surface area contributed by atoms with Gasteiger partial charge in [-0.25, -0.2) is 4.98 Å². The zero-order valence-electron chi connectivity index (χ0n) is 16.3. The first-order chi connectivity index (χ1) is 13.3. The number of ether oxygens (including phenoxy) is 1. The number of hydrogen-bond acceptors (Lipinski definition) is 3. The van der Waals surface area contributed by atoms with Crippen molar-refractivity contribution in [3.63, 3.8) is 0 Å². The van der Waals surface area contributed by atoms with Gasteiger partial charge in [0.15, 0.2) is 0 Å². The van der Waals surface area contributed by atoms with Gasteiger partial charge in [0.05, 0.1) is 12.1 Å². The summed E-state index contributed by atoms with van der Waals surface area (Å²) in [4.78, 5) is 7.15. The van der Waals surface area contributed by atoms with Gasteiger partial charge in [-0.15, -0.1) is 0 Å². The van der Waals surface area contributed by atoms with Crippen molar-refractivity contribution in [1.29, 1.82) is 0 Å². The largest absolute Gasteiger partial charge is 0.376 e. The summed E-state index contributed by atoms with van der Waals surface area (Å²) in [5, 5.41) is 0. The van der Waals surface area contributed by atoms with Gasteiger partial charge in [0.25, 0.3) is 0 Å². The van der Waals surface area contributed by atoms with Crippen LogP contribution in [-0.2, 0) is 11.3 Å². The van der Waals surface area contributed by atoms with Crippen molar-refractivity contribution in [1.82, 2.24) is 14.5 Å². The van der Waals surface area contributed by atoms with Gasteiger partial charge in [-0.1, -0.05) is 30.3 Å². The lowest BCUT2D eigenvalue weighted by molar-refractivity contribution is -0.0343. The van der Waals surface area contributed by atoms with E-state index in [0.717, 1.165) is 36.7 Å². The van der Waals surface area contributed by atoms with E-state index >= 15 is 0 Å². The number of benzene rings is 1. The predicted octanol–water partition coefficient (Wildman–Crippen LogP) is 4.07. The van der Waals surface area contributed by atoms with Crippen molar-refractivity contribution in [3.05, 3.63) is 54.1 Å². The average Bonchev–Trinajstić information content (AvgIpc) is 3.28. The Morgan fingerprint density at radius 2 is 1.85 bits per heavy atom. The lowest BCUT2D eigenvalue weighted by Crippen LogP contribution is -2.38. The molecule has 27 heavy (non-hydrogen) atoms. The Morgan fingerprint density at radius 1 is 1.07 bits per heavy atom. The molecule has 4 heteroatoms. The molecule has 0 N–H and O–H groups in total. The quantitative estimate of drug-likeness (QED) is 0.773. The monoisotopic (exact) mass is 365 g/mol. The van der Waals surface area contributed by atoms with E-state index in [1.54, 1.807) is 0 Å².